The van der Waals surface area contributed by atoms with Crippen molar-refractivity contribution in [2.75, 3.05) is 13.1 Å². The van der Waals surface area contributed by atoms with Gasteiger partial charge in [-0.3, -0.25) is 4.90 Å². The molecule has 7 heteroatoms. The van der Waals surface area contributed by atoms with Crippen molar-refractivity contribution in [1.82, 2.24) is 29.5 Å². The van der Waals surface area contributed by atoms with Gasteiger partial charge in [0.15, 0.2) is 12.0 Å². The molecule has 5 aromatic rings. The Balaban J connectivity index is 1.31. The van der Waals surface area contributed by atoms with E-state index in [-0.39, 0.29) is 0 Å². The lowest BCUT2D eigenvalue weighted by Gasteiger charge is -2.31. The van der Waals surface area contributed by atoms with Gasteiger partial charge in [0.1, 0.15) is 12.6 Å². The van der Waals surface area contributed by atoms with Crippen LogP contribution >= 0.6 is 0 Å². The molecule has 7 nitrogen and oxygen atoms in total. The number of aryl methyl sites for hydroxylation is 1. The number of likely N-dealkylation sites (tertiary alicyclic amines) is 1. The largest absolute Gasteiger partial charge is 0.451 e. The monoisotopic (exact) mass is 454 g/mol. The number of rotatable bonds is 5. The molecule has 1 aromatic carbocycles. The van der Waals surface area contributed by atoms with Gasteiger partial charge in [-0.25, -0.2) is 14.5 Å². The number of nitrogens with one attached hydrogen (secondary N) is 1. The second-order valence-corrected chi connectivity index (χ2v) is 9.84. The first-order valence-corrected chi connectivity index (χ1v) is 12.1. The molecule has 0 unspecified atom stereocenters. The predicted molar refractivity (Wildman–Crippen MR) is 133 cm³/mol. The van der Waals surface area contributed by atoms with E-state index < -0.39 is 0 Å². The molecule has 6 rings (SSSR count). The number of hydrogen-bond acceptors (Lipinski definition) is 5. The number of H-pyrrole nitrogens is 1. The van der Waals surface area contributed by atoms with E-state index in [4.69, 9.17) is 4.42 Å². The van der Waals surface area contributed by atoms with Crippen molar-refractivity contribution in [3.63, 3.8) is 0 Å². The van der Waals surface area contributed by atoms with Crippen molar-refractivity contribution in [3.05, 3.63) is 71.8 Å². The van der Waals surface area contributed by atoms with Gasteiger partial charge in [0, 0.05) is 29.2 Å². The van der Waals surface area contributed by atoms with Gasteiger partial charge >= 0.3 is 0 Å². The molecule has 1 saturated heterocycles. The van der Waals surface area contributed by atoms with Crippen LogP contribution in [0.3, 0.4) is 0 Å². The number of oxazole rings is 1. The Labute approximate surface area is 198 Å². The number of nitrogens with zero attached hydrogens (tertiary/aromatic N) is 5. The fourth-order valence-corrected chi connectivity index (χ4v) is 5.51. The highest BCUT2D eigenvalue weighted by Crippen LogP contribution is 2.38. The first-order chi connectivity index (χ1) is 16.6. The van der Waals surface area contributed by atoms with Crippen molar-refractivity contribution < 1.29 is 4.42 Å². The Morgan fingerprint density at radius 1 is 1.15 bits per heavy atom. The maximum absolute atomic E-state index is 5.13. The number of aromatic amines is 1. The molecule has 1 fully saturated rings. The first kappa shape index (κ1) is 21.1. The molecule has 0 atom stereocenters. The lowest BCUT2D eigenvalue weighted by molar-refractivity contribution is 0.202. The van der Waals surface area contributed by atoms with Crippen LogP contribution in [-0.4, -0.2) is 42.6 Å². The van der Waals surface area contributed by atoms with Crippen LogP contribution in [0.25, 0.3) is 27.8 Å². The number of piperidine rings is 1. The van der Waals surface area contributed by atoms with E-state index in [0.717, 1.165) is 42.1 Å². The van der Waals surface area contributed by atoms with Gasteiger partial charge in [0.2, 0.25) is 0 Å². The molecule has 174 valence electrons. The summed E-state index contributed by atoms with van der Waals surface area (Å²) in [7, 11) is 0. The predicted octanol–water partition coefficient (Wildman–Crippen LogP) is 5.68. The van der Waals surface area contributed by atoms with E-state index in [9.17, 15) is 0 Å². The third-order valence-electron chi connectivity index (χ3n) is 7.22. The average molecular weight is 455 g/mol. The van der Waals surface area contributed by atoms with Crippen LogP contribution in [0.15, 0.2) is 53.9 Å². The maximum Gasteiger partial charge on any atom is 0.180 e. The minimum Gasteiger partial charge on any atom is -0.451 e. The molecule has 0 saturated carbocycles. The Hall–Kier alpha value is -3.45. The lowest BCUT2D eigenvalue weighted by atomic mass is 9.87. The summed E-state index contributed by atoms with van der Waals surface area (Å²) in [6, 6.07) is 9.23. The molecule has 4 aromatic heterocycles. The Morgan fingerprint density at radius 2 is 2.00 bits per heavy atom. The van der Waals surface area contributed by atoms with Crippen LogP contribution in [0.4, 0.5) is 0 Å². The summed E-state index contributed by atoms with van der Waals surface area (Å²) in [6.45, 7) is 9.70. The highest BCUT2D eigenvalue weighted by Gasteiger charge is 2.23. The Kier molecular flexibility index (Phi) is 5.21. The van der Waals surface area contributed by atoms with E-state index in [2.05, 4.69) is 76.2 Å². The van der Waals surface area contributed by atoms with Gasteiger partial charge in [-0.05, 0) is 79.6 Å². The van der Waals surface area contributed by atoms with Crippen LogP contribution < -0.4 is 0 Å². The summed E-state index contributed by atoms with van der Waals surface area (Å²) in [5.74, 6) is 0.986. The van der Waals surface area contributed by atoms with E-state index in [1.807, 2.05) is 4.52 Å². The standard InChI is InChI=1S/C27H30N6O/c1-17(2)25-23-11-20(19-6-8-32(9-7-19)13-22-14-34-16-29-22)4-5-24(23)31-26(25)21-10-18(3)27-28-15-30-33(27)12-21/h4-5,10-12,14-17,19,31H,6-9,13H2,1-3H3. The van der Waals surface area contributed by atoms with Gasteiger partial charge in [-0.15, -0.1) is 0 Å². The second-order valence-electron chi connectivity index (χ2n) is 9.84. The molecule has 34 heavy (non-hydrogen) atoms. The SMILES string of the molecule is Cc1cc(-c2[nH]c3ccc(C4CCN(Cc5cocn5)CC4)cc3c2C(C)C)cn2ncnc12. The molecular formula is C27H30N6O. The molecule has 0 amide bonds. The van der Waals surface area contributed by atoms with Crippen molar-refractivity contribution in [2.45, 2.75) is 52.0 Å². The smallest absolute Gasteiger partial charge is 0.180 e. The maximum atomic E-state index is 5.13. The molecule has 0 aliphatic carbocycles. The molecule has 0 bridgehead atoms. The van der Waals surface area contributed by atoms with Crippen LogP contribution in [0, 0.1) is 6.92 Å². The van der Waals surface area contributed by atoms with Crippen LogP contribution in [0.1, 0.15) is 60.9 Å². The van der Waals surface area contributed by atoms with Gasteiger partial charge in [0.05, 0.1) is 11.4 Å². The quantitative estimate of drug-likeness (QED) is 0.370. The van der Waals surface area contributed by atoms with Crippen LogP contribution in [0.5, 0.6) is 0 Å². The van der Waals surface area contributed by atoms with Gasteiger partial charge in [-0.1, -0.05) is 19.9 Å². The fourth-order valence-electron chi connectivity index (χ4n) is 5.51. The van der Waals surface area contributed by atoms with E-state index in [1.165, 1.54) is 47.0 Å². The number of fused-ring (bicyclic) bond motifs is 2. The second kappa shape index (κ2) is 8.40. The molecule has 0 radical (unpaired) electrons. The number of aromatic nitrogens is 5. The molecule has 5 heterocycles. The summed E-state index contributed by atoms with van der Waals surface area (Å²) < 4.78 is 7.00. The first-order valence-electron chi connectivity index (χ1n) is 12.1. The summed E-state index contributed by atoms with van der Waals surface area (Å²) in [5.41, 5.74) is 9.40. The third kappa shape index (κ3) is 3.70. The highest BCUT2D eigenvalue weighted by molar-refractivity contribution is 5.92. The minimum atomic E-state index is 0.398. The summed E-state index contributed by atoms with van der Waals surface area (Å²) in [4.78, 5) is 14.8. The summed E-state index contributed by atoms with van der Waals surface area (Å²) >= 11 is 0. The third-order valence-corrected chi connectivity index (χ3v) is 7.22. The summed E-state index contributed by atoms with van der Waals surface area (Å²) in [6.07, 6.45) is 9.29. The van der Waals surface area contributed by atoms with Gasteiger partial charge < -0.3 is 9.40 Å². The zero-order chi connectivity index (χ0) is 23.2. The normalized spacial score (nSPS) is 15.8. The molecule has 1 aliphatic heterocycles. The zero-order valence-corrected chi connectivity index (χ0v) is 20.0. The molecule has 0 spiro atoms. The fraction of sp³-hybridized carbons (Fsp3) is 0.370. The van der Waals surface area contributed by atoms with Gasteiger partial charge in [0.25, 0.3) is 0 Å². The number of benzene rings is 1. The van der Waals surface area contributed by atoms with Gasteiger partial charge in [-0.2, -0.15) is 5.10 Å². The van der Waals surface area contributed by atoms with Crippen molar-refractivity contribution >= 4 is 16.6 Å². The van der Waals surface area contributed by atoms with Crippen molar-refractivity contribution in [1.29, 1.82) is 0 Å². The number of hydrogen-bond donors (Lipinski definition) is 1. The van der Waals surface area contributed by atoms with E-state index in [1.54, 1.807) is 12.6 Å². The van der Waals surface area contributed by atoms with Crippen LogP contribution in [-0.2, 0) is 6.54 Å². The van der Waals surface area contributed by atoms with E-state index >= 15 is 0 Å². The highest BCUT2D eigenvalue weighted by atomic mass is 16.3. The summed E-state index contributed by atoms with van der Waals surface area (Å²) in [5, 5.41) is 5.71. The molecule has 1 aliphatic rings. The Morgan fingerprint density at radius 3 is 2.76 bits per heavy atom. The lowest BCUT2D eigenvalue weighted by Crippen LogP contribution is -2.32. The van der Waals surface area contributed by atoms with Crippen molar-refractivity contribution in [2.24, 2.45) is 0 Å². The Bertz CT molecular complexity index is 1440. The molecule has 1 N–H and O–H groups in total. The average Bonchev–Trinajstić information content (AvgIpc) is 3.58. The van der Waals surface area contributed by atoms with E-state index in [0.29, 0.717) is 11.8 Å². The molecular weight excluding hydrogens is 424 g/mol. The van der Waals surface area contributed by atoms with Crippen LogP contribution in [0.2, 0.25) is 0 Å². The minimum absolute atomic E-state index is 0.398. The topological polar surface area (TPSA) is 75.2 Å². The number of pyridine rings is 1. The van der Waals surface area contributed by atoms with Crippen molar-refractivity contribution in [3.8, 4) is 11.3 Å². The zero-order valence-electron chi connectivity index (χ0n) is 20.0.